The molecule has 0 aliphatic heterocycles. The van der Waals surface area contributed by atoms with E-state index in [4.69, 9.17) is 0 Å². The van der Waals surface area contributed by atoms with Gasteiger partial charge in [-0.1, -0.05) is 0 Å². The number of nitrogens with one attached hydrogen (secondary N) is 2. The van der Waals surface area contributed by atoms with Crippen LogP contribution in [0.1, 0.15) is 26.4 Å². The van der Waals surface area contributed by atoms with Crippen LogP contribution in [0, 0.1) is 6.92 Å². The second-order valence-corrected chi connectivity index (χ2v) is 5.25. The van der Waals surface area contributed by atoms with Gasteiger partial charge in [0.2, 0.25) is 0 Å². The van der Waals surface area contributed by atoms with Gasteiger partial charge in [0.25, 0.3) is 11.8 Å². The lowest BCUT2D eigenvalue weighted by atomic mass is 10.1. The summed E-state index contributed by atoms with van der Waals surface area (Å²) >= 11 is 3.29. The van der Waals surface area contributed by atoms with Gasteiger partial charge in [0.15, 0.2) is 0 Å². The molecule has 6 heteroatoms. The van der Waals surface area contributed by atoms with Crippen molar-refractivity contribution in [3.05, 3.63) is 57.8 Å². The van der Waals surface area contributed by atoms with Gasteiger partial charge in [-0.25, -0.2) is 4.98 Å². The zero-order valence-corrected chi connectivity index (χ0v) is 13.2. The second kappa shape index (κ2) is 6.49. The standard InChI is InChI=1S/C15H14BrN3O2/c1-9-8-10(14(20)17-2)5-6-12(9)19-15(21)13-11(16)4-3-7-18-13/h3-8H,1-2H3,(H,17,20)(H,19,21). The lowest BCUT2D eigenvalue weighted by Gasteiger charge is -2.10. The van der Waals surface area contributed by atoms with Crippen molar-refractivity contribution in [3.63, 3.8) is 0 Å². The summed E-state index contributed by atoms with van der Waals surface area (Å²) in [5.74, 6) is -0.471. The average Bonchev–Trinajstić information content (AvgIpc) is 2.48. The second-order valence-electron chi connectivity index (χ2n) is 4.40. The summed E-state index contributed by atoms with van der Waals surface area (Å²) in [5.41, 5.74) is 2.31. The Labute approximate surface area is 130 Å². The number of nitrogens with zero attached hydrogens (tertiary/aromatic N) is 1. The van der Waals surface area contributed by atoms with Gasteiger partial charge in [-0.2, -0.15) is 0 Å². The highest BCUT2D eigenvalue weighted by Crippen LogP contribution is 2.19. The lowest BCUT2D eigenvalue weighted by molar-refractivity contribution is 0.0962. The Morgan fingerprint density at radius 3 is 2.57 bits per heavy atom. The van der Waals surface area contributed by atoms with E-state index in [9.17, 15) is 9.59 Å². The number of rotatable bonds is 3. The van der Waals surface area contributed by atoms with Crippen molar-refractivity contribution in [2.24, 2.45) is 0 Å². The van der Waals surface area contributed by atoms with Crippen LogP contribution in [0.4, 0.5) is 5.69 Å². The summed E-state index contributed by atoms with van der Waals surface area (Å²) in [6.45, 7) is 1.83. The van der Waals surface area contributed by atoms with Gasteiger partial charge < -0.3 is 10.6 Å². The highest BCUT2D eigenvalue weighted by Gasteiger charge is 2.13. The first kappa shape index (κ1) is 15.2. The monoisotopic (exact) mass is 347 g/mol. The third kappa shape index (κ3) is 3.46. The number of anilines is 1. The van der Waals surface area contributed by atoms with Crippen LogP contribution < -0.4 is 10.6 Å². The predicted molar refractivity (Wildman–Crippen MR) is 84.5 cm³/mol. The van der Waals surface area contributed by atoms with Crippen LogP contribution in [0.2, 0.25) is 0 Å². The van der Waals surface area contributed by atoms with Crippen molar-refractivity contribution >= 4 is 33.4 Å². The van der Waals surface area contributed by atoms with Gasteiger partial charge in [-0.05, 0) is 58.7 Å². The molecule has 1 aromatic carbocycles. The number of carbonyl (C=O) groups excluding carboxylic acids is 2. The van der Waals surface area contributed by atoms with E-state index in [1.807, 2.05) is 6.92 Å². The fourth-order valence-electron chi connectivity index (χ4n) is 1.82. The Bertz CT molecular complexity index is 701. The molecule has 0 saturated heterocycles. The van der Waals surface area contributed by atoms with Gasteiger partial charge in [-0.3, -0.25) is 9.59 Å². The molecule has 0 saturated carbocycles. The first-order valence-corrected chi connectivity index (χ1v) is 7.07. The summed E-state index contributed by atoms with van der Waals surface area (Å²) in [4.78, 5) is 27.8. The van der Waals surface area contributed by atoms with Crippen molar-refractivity contribution in [1.82, 2.24) is 10.3 Å². The van der Waals surface area contributed by atoms with E-state index in [-0.39, 0.29) is 11.8 Å². The molecule has 2 amide bonds. The normalized spacial score (nSPS) is 10.0. The molecule has 1 aromatic heterocycles. The van der Waals surface area contributed by atoms with Crippen molar-refractivity contribution in [1.29, 1.82) is 0 Å². The summed E-state index contributed by atoms with van der Waals surface area (Å²) in [7, 11) is 1.58. The Balaban J connectivity index is 2.22. The maximum absolute atomic E-state index is 12.2. The van der Waals surface area contributed by atoms with Crippen LogP contribution in [0.3, 0.4) is 0 Å². The molecule has 2 aromatic rings. The predicted octanol–water partition coefficient (Wildman–Crippen LogP) is 2.76. The molecule has 0 fully saturated rings. The minimum absolute atomic E-state index is 0.163. The average molecular weight is 348 g/mol. The van der Waals surface area contributed by atoms with Crippen LogP contribution >= 0.6 is 15.9 Å². The molecule has 0 spiro atoms. The fourth-order valence-corrected chi connectivity index (χ4v) is 2.26. The number of halogens is 1. The van der Waals surface area contributed by atoms with E-state index in [0.29, 0.717) is 21.4 Å². The Morgan fingerprint density at radius 1 is 1.19 bits per heavy atom. The zero-order valence-electron chi connectivity index (χ0n) is 11.6. The summed E-state index contributed by atoms with van der Waals surface area (Å²) < 4.78 is 0.627. The number of carbonyl (C=O) groups is 2. The van der Waals surface area contributed by atoms with E-state index in [2.05, 4.69) is 31.5 Å². The molecule has 5 nitrogen and oxygen atoms in total. The third-order valence-corrected chi connectivity index (χ3v) is 3.58. The molecule has 0 unspecified atom stereocenters. The smallest absolute Gasteiger partial charge is 0.275 e. The van der Waals surface area contributed by atoms with Crippen LogP contribution in [0.15, 0.2) is 41.0 Å². The zero-order chi connectivity index (χ0) is 15.4. The van der Waals surface area contributed by atoms with Crippen LogP contribution in [0.25, 0.3) is 0 Å². The number of hydrogen-bond donors (Lipinski definition) is 2. The van der Waals surface area contributed by atoms with E-state index < -0.39 is 0 Å². The molecule has 2 N–H and O–H groups in total. The third-order valence-electron chi connectivity index (χ3n) is 2.94. The van der Waals surface area contributed by atoms with Crippen molar-refractivity contribution in [2.45, 2.75) is 6.92 Å². The first-order chi connectivity index (χ1) is 10.0. The Hall–Kier alpha value is -2.21. The van der Waals surface area contributed by atoms with E-state index in [1.54, 1.807) is 43.6 Å². The van der Waals surface area contributed by atoms with Crippen molar-refractivity contribution in [2.75, 3.05) is 12.4 Å². The maximum Gasteiger partial charge on any atom is 0.275 e. The highest BCUT2D eigenvalue weighted by molar-refractivity contribution is 9.10. The van der Waals surface area contributed by atoms with Gasteiger partial charge in [-0.15, -0.1) is 0 Å². The SMILES string of the molecule is CNC(=O)c1ccc(NC(=O)c2ncccc2Br)c(C)c1. The molecular weight excluding hydrogens is 334 g/mol. The minimum atomic E-state index is -0.307. The molecule has 21 heavy (non-hydrogen) atoms. The summed E-state index contributed by atoms with van der Waals surface area (Å²) in [5, 5.41) is 5.35. The van der Waals surface area contributed by atoms with Gasteiger partial charge in [0.1, 0.15) is 5.69 Å². The lowest BCUT2D eigenvalue weighted by Crippen LogP contribution is -2.19. The van der Waals surface area contributed by atoms with Gasteiger partial charge >= 0.3 is 0 Å². The van der Waals surface area contributed by atoms with Crippen LogP contribution in [0.5, 0.6) is 0 Å². The molecule has 0 aliphatic carbocycles. The van der Waals surface area contributed by atoms with Gasteiger partial charge in [0.05, 0.1) is 0 Å². The van der Waals surface area contributed by atoms with E-state index in [1.165, 1.54) is 0 Å². The molecule has 0 bridgehead atoms. The number of amides is 2. The van der Waals surface area contributed by atoms with E-state index in [0.717, 1.165) is 5.56 Å². The number of benzene rings is 1. The number of hydrogen-bond acceptors (Lipinski definition) is 3. The topological polar surface area (TPSA) is 71.1 Å². The molecule has 1 heterocycles. The summed E-state index contributed by atoms with van der Waals surface area (Å²) in [6, 6.07) is 8.58. The fraction of sp³-hybridized carbons (Fsp3) is 0.133. The number of aryl methyl sites for hydroxylation is 1. The molecular formula is C15H14BrN3O2. The Kier molecular flexibility index (Phi) is 4.70. The maximum atomic E-state index is 12.2. The molecule has 0 atom stereocenters. The first-order valence-electron chi connectivity index (χ1n) is 6.27. The van der Waals surface area contributed by atoms with Crippen molar-refractivity contribution in [3.8, 4) is 0 Å². The molecule has 0 aliphatic rings. The number of pyridine rings is 1. The number of aromatic nitrogens is 1. The molecule has 0 radical (unpaired) electrons. The Morgan fingerprint density at radius 2 is 1.95 bits per heavy atom. The quantitative estimate of drug-likeness (QED) is 0.896. The van der Waals surface area contributed by atoms with Crippen molar-refractivity contribution < 1.29 is 9.59 Å². The molecule has 108 valence electrons. The van der Waals surface area contributed by atoms with E-state index >= 15 is 0 Å². The van der Waals surface area contributed by atoms with Crippen LogP contribution in [-0.4, -0.2) is 23.8 Å². The molecule has 2 rings (SSSR count). The largest absolute Gasteiger partial charge is 0.355 e. The summed E-state index contributed by atoms with van der Waals surface area (Å²) in [6.07, 6.45) is 1.56. The van der Waals surface area contributed by atoms with Gasteiger partial charge in [0, 0.05) is 29.0 Å². The highest BCUT2D eigenvalue weighted by atomic mass is 79.9. The van der Waals surface area contributed by atoms with Crippen LogP contribution in [-0.2, 0) is 0 Å². The minimum Gasteiger partial charge on any atom is -0.355 e.